The van der Waals surface area contributed by atoms with Crippen molar-refractivity contribution in [2.45, 2.75) is 45.6 Å². The van der Waals surface area contributed by atoms with Gasteiger partial charge in [0.2, 0.25) is 0 Å². The van der Waals surface area contributed by atoms with Gasteiger partial charge in [0.15, 0.2) is 0 Å². The van der Waals surface area contributed by atoms with Crippen molar-refractivity contribution in [2.75, 3.05) is 32.7 Å². The molecule has 1 aliphatic heterocycles. The first kappa shape index (κ1) is 21.5. The van der Waals surface area contributed by atoms with E-state index in [1.807, 2.05) is 23.1 Å². The Bertz CT molecular complexity index is 805. The fourth-order valence-corrected chi connectivity index (χ4v) is 5.00. The van der Waals surface area contributed by atoms with Crippen LogP contribution in [0.2, 0.25) is 5.02 Å². The van der Waals surface area contributed by atoms with Gasteiger partial charge in [-0.05, 0) is 31.4 Å². The maximum Gasteiger partial charge on any atom is 0.256 e. The molecule has 1 aliphatic carbocycles. The monoisotopic (exact) mass is 423 g/mol. The number of piperazine rings is 1. The smallest absolute Gasteiger partial charge is 0.256 e. The van der Waals surface area contributed by atoms with Crippen LogP contribution < -0.4 is 0 Å². The molecule has 4 rings (SSSR count). The molecule has 1 aromatic carbocycles. The second kappa shape index (κ2) is 9.51. The summed E-state index contributed by atoms with van der Waals surface area (Å²) in [6.07, 6.45) is 8.64. The van der Waals surface area contributed by atoms with Gasteiger partial charge in [0.05, 0.1) is 16.1 Å². The topological polar surface area (TPSA) is 28.5 Å². The summed E-state index contributed by atoms with van der Waals surface area (Å²) >= 11 is 6.57. The second-order valence-corrected chi connectivity index (χ2v) is 8.47. The first-order valence-electron chi connectivity index (χ1n) is 10.5. The van der Waals surface area contributed by atoms with Crippen molar-refractivity contribution in [3.63, 3.8) is 0 Å². The number of carbonyl (C=O) groups excluding carboxylic acids is 1. The zero-order chi connectivity index (χ0) is 18.8. The summed E-state index contributed by atoms with van der Waals surface area (Å²) in [4.78, 5) is 17.7. The number of likely N-dealkylation sites (N-methyl/N-ethyl adjacent to an activating group) is 1. The predicted octanol–water partition coefficient (Wildman–Crippen LogP) is 5.07. The Labute approximate surface area is 179 Å². The summed E-state index contributed by atoms with van der Waals surface area (Å²) < 4.78 is 2.25. The number of amides is 1. The molecule has 0 bridgehead atoms. The van der Waals surface area contributed by atoms with Crippen LogP contribution >= 0.6 is 24.0 Å². The quantitative estimate of drug-likeness (QED) is 0.685. The highest BCUT2D eigenvalue weighted by Gasteiger charge is 2.26. The molecule has 2 aromatic rings. The van der Waals surface area contributed by atoms with Crippen LogP contribution in [0.3, 0.4) is 0 Å². The van der Waals surface area contributed by atoms with E-state index in [-0.39, 0.29) is 18.3 Å². The largest absolute Gasteiger partial charge is 0.345 e. The van der Waals surface area contributed by atoms with Gasteiger partial charge in [-0.15, -0.1) is 12.4 Å². The molecule has 1 saturated heterocycles. The Morgan fingerprint density at radius 2 is 1.82 bits per heavy atom. The number of hydrogen-bond donors (Lipinski definition) is 0. The number of para-hydroxylation sites is 1. The van der Waals surface area contributed by atoms with Crippen LogP contribution in [0.4, 0.5) is 0 Å². The Kier molecular flexibility index (Phi) is 7.30. The fourth-order valence-electron chi connectivity index (χ4n) is 4.71. The van der Waals surface area contributed by atoms with E-state index in [0.29, 0.717) is 5.92 Å². The number of nitrogens with zero attached hydrogens (tertiary/aromatic N) is 3. The van der Waals surface area contributed by atoms with Crippen molar-refractivity contribution >= 4 is 40.8 Å². The lowest BCUT2D eigenvalue weighted by Crippen LogP contribution is -2.48. The van der Waals surface area contributed by atoms with E-state index in [2.05, 4.69) is 22.6 Å². The fraction of sp³-hybridized carbons (Fsp3) is 0.591. The van der Waals surface area contributed by atoms with E-state index in [0.717, 1.165) is 60.8 Å². The van der Waals surface area contributed by atoms with Crippen molar-refractivity contribution in [2.24, 2.45) is 5.92 Å². The highest BCUT2D eigenvalue weighted by Crippen LogP contribution is 2.32. The highest BCUT2D eigenvalue weighted by atomic mass is 35.5. The van der Waals surface area contributed by atoms with Gasteiger partial charge in [0, 0.05) is 44.3 Å². The summed E-state index contributed by atoms with van der Waals surface area (Å²) in [6, 6.07) is 5.95. The molecule has 0 radical (unpaired) electrons. The second-order valence-electron chi connectivity index (χ2n) is 8.06. The van der Waals surface area contributed by atoms with E-state index < -0.39 is 0 Å². The van der Waals surface area contributed by atoms with E-state index in [1.165, 1.54) is 32.1 Å². The molecule has 0 N–H and O–H groups in total. The van der Waals surface area contributed by atoms with Crippen LogP contribution in [0, 0.1) is 5.92 Å². The van der Waals surface area contributed by atoms with Crippen LogP contribution in [-0.4, -0.2) is 53.0 Å². The molecule has 2 fully saturated rings. The van der Waals surface area contributed by atoms with Gasteiger partial charge in [-0.2, -0.15) is 0 Å². The van der Waals surface area contributed by atoms with E-state index >= 15 is 0 Å². The van der Waals surface area contributed by atoms with Crippen LogP contribution in [-0.2, 0) is 6.54 Å². The van der Waals surface area contributed by atoms with Crippen LogP contribution in [0.25, 0.3) is 10.9 Å². The Morgan fingerprint density at radius 3 is 2.50 bits per heavy atom. The molecule has 1 saturated carbocycles. The van der Waals surface area contributed by atoms with E-state index in [9.17, 15) is 4.79 Å². The Hall–Kier alpha value is -1.23. The minimum Gasteiger partial charge on any atom is -0.345 e. The number of benzene rings is 1. The van der Waals surface area contributed by atoms with Crippen molar-refractivity contribution in [3.05, 3.63) is 35.0 Å². The van der Waals surface area contributed by atoms with Crippen LogP contribution in [0.1, 0.15) is 49.4 Å². The van der Waals surface area contributed by atoms with E-state index in [1.54, 1.807) is 0 Å². The molecule has 28 heavy (non-hydrogen) atoms. The number of halogens is 2. The van der Waals surface area contributed by atoms with Crippen LogP contribution in [0.5, 0.6) is 0 Å². The molecule has 0 spiro atoms. The normalized spacial score (nSPS) is 19.0. The minimum absolute atomic E-state index is 0. The van der Waals surface area contributed by atoms with Crippen LogP contribution in [0.15, 0.2) is 24.4 Å². The Morgan fingerprint density at radius 1 is 1.11 bits per heavy atom. The molecular weight excluding hydrogens is 393 g/mol. The summed E-state index contributed by atoms with van der Waals surface area (Å²) in [5.74, 6) is 0.849. The minimum atomic E-state index is 0. The number of rotatable bonds is 4. The van der Waals surface area contributed by atoms with Gasteiger partial charge >= 0.3 is 0 Å². The molecule has 1 amide bonds. The SMILES string of the molecule is CCN1CCN(C(=O)c2cn(CC3CCCCC3)c3c(Cl)cccc23)CC1.Cl. The summed E-state index contributed by atoms with van der Waals surface area (Å²) in [5.41, 5.74) is 1.84. The first-order valence-corrected chi connectivity index (χ1v) is 10.8. The third-order valence-corrected chi connectivity index (χ3v) is 6.67. The summed E-state index contributed by atoms with van der Waals surface area (Å²) in [6.45, 7) is 7.74. The lowest BCUT2D eigenvalue weighted by atomic mass is 9.89. The molecule has 0 atom stereocenters. The number of aromatic nitrogens is 1. The van der Waals surface area contributed by atoms with Crippen molar-refractivity contribution in [3.8, 4) is 0 Å². The zero-order valence-corrected chi connectivity index (χ0v) is 18.3. The molecule has 154 valence electrons. The molecule has 1 aromatic heterocycles. The molecule has 6 heteroatoms. The summed E-state index contributed by atoms with van der Waals surface area (Å²) in [7, 11) is 0. The predicted molar refractivity (Wildman–Crippen MR) is 119 cm³/mol. The average Bonchev–Trinajstić information content (AvgIpc) is 3.08. The maximum atomic E-state index is 13.3. The molecule has 0 unspecified atom stereocenters. The molecule has 2 heterocycles. The maximum absolute atomic E-state index is 13.3. The highest BCUT2D eigenvalue weighted by molar-refractivity contribution is 6.35. The van der Waals surface area contributed by atoms with Gasteiger partial charge in [-0.1, -0.05) is 49.9 Å². The molecular formula is C22H31Cl2N3O. The lowest BCUT2D eigenvalue weighted by molar-refractivity contribution is 0.0645. The third-order valence-electron chi connectivity index (χ3n) is 6.37. The van der Waals surface area contributed by atoms with Gasteiger partial charge in [-0.3, -0.25) is 4.79 Å². The molecule has 2 aliphatic rings. The first-order chi connectivity index (χ1) is 13.2. The zero-order valence-electron chi connectivity index (χ0n) is 16.7. The van der Waals surface area contributed by atoms with Gasteiger partial charge in [-0.25, -0.2) is 0 Å². The van der Waals surface area contributed by atoms with Gasteiger partial charge in [0.25, 0.3) is 5.91 Å². The number of hydrogen-bond acceptors (Lipinski definition) is 2. The average molecular weight is 424 g/mol. The Balaban J connectivity index is 0.00000225. The van der Waals surface area contributed by atoms with Gasteiger partial charge < -0.3 is 14.4 Å². The third kappa shape index (κ3) is 4.34. The molecule has 4 nitrogen and oxygen atoms in total. The van der Waals surface area contributed by atoms with Crippen molar-refractivity contribution in [1.82, 2.24) is 14.4 Å². The number of carbonyl (C=O) groups is 1. The number of fused-ring (bicyclic) bond motifs is 1. The summed E-state index contributed by atoms with van der Waals surface area (Å²) in [5, 5.41) is 1.75. The van der Waals surface area contributed by atoms with Crippen molar-refractivity contribution in [1.29, 1.82) is 0 Å². The van der Waals surface area contributed by atoms with E-state index in [4.69, 9.17) is 11.6 Å². The van der Waals surface area contributed by atoms with Crippen molar-refractivity contribution < 1.29 is 4.79 Å². The van der Waals surface area contributed by atoms with Gasteiger partial charge in [0.1, 0.15) is 0 Å². The standard InChI is InChI=1S/C22H30ClN3O.ClH/c1-2-24-11-13-25(14-12-24)22(27)19-16-26(15-17-7-4-3-5-8-17)21-18(19)9-6-10-20(21)23;/h6,9-10,16-17H,2-5,7-8,11-15H2,1H3;1H. The lowest BCUT2D eigenvalue weighted by Gasteiger charge is -2.34.